The Morgan fingerprint density at radius 3 is 2.77 bits per heavy atom. The molecule has 0 bridgehead atoms. The minimum Gasteiger partial charge on any atom is -0.497 e. The third-order valence-corrected chi connectivity index (χ3v) is 3.50. The molecule has 0 aliphatic carbocycles. The van der Waals surface area contributed by atoms with E-state index in [0.29, 0.717) is 29.3 Å². The van der Waals surface area contributed by atoms with Gasteiger partial charge in [-0.3, -0.25) is 4.79 Å². The zero-order valence-electron chi connectivity index (χ0n) is 12.3. The normalized spacial score (nSPS) is 11.8. The van der Waals surface area contributed by atoms with Crippen molar-refractivity contribution in [3.63, 3.8) is 0 Å². The molecule has 1 amide bonds. The number of carbonyl (C=O) groups excluding carboxylic acids is 1. The largest absolute Gasteiger partial charge is 0.497 e. The van der Waals surface area contributed by atoms with Crippen molar-refractivity contribution in [1.29, 1.82) is 0 Å². The van der Waals surface area contributed by atoms with Crippen molar-refractivity contribution >= 4 is 17.5 Å². The second kappa shape index (κ2) is 7.82. The van der Waals surface area contributed by atoms with Gasteiger partial charge < -0.3 is 15.2 Å². The van der Waals surface area contributed by atoms with Crippen LogP contribution in [0, 0.1) is 0 Å². The van der Waals surface area contributed by atoms with Crippen molar-refractivity contribution in [2.24, 2.45) is 0 Å². The molecule has 0 aliphatic heterocycles. The number of hydrogen-bond donors (Lipinski definition) is 2. The lowest BCUT2D eigenvalue weighted by Gasteiger charge is -2.12. The molecular formula is C17H18ClNO3. The maximum atomic E-state index is 12.0. The molecule has 1 atom stereocenters. The van der Waals surface area contributed by atoms with Gasteiger partial charge >= 0.3 is 0 Å². The molecule has 22 heavy (non-hydrogen) atoms. The second-order valence-corrected chi connectivity index (χ2v) is 5.28. The number of aliphatic hydroxyl groups excluding tert-OH is 1. The first-order valence-corrected chi connectivity index (χ1v) is 7.33. The van der Waals surface area contributed by atoms with Gasteiger partial charge in [0.1, 0.15) is 5.75 Å². The van der Waals surface area contributed by atoms with E-state index >= 15 is 0 Å². The molecule has 2 aromatic rings. The van der Waals surface area contributed by atoms with Gasteiger partial charge in [0.15, 0.2) is 0 Å². The molecule has 116 valence electrons. The van der Waals surface area contributed by atoms with Gasteiger partial charge in [0.25, 0.3) is 5.91 Å². The van der Waals surface area contributed by atoms with Crippen LogP contribution in [0.25, 0.3) is 0 Å². The summed E-state index contributed by atoms with van der Waals surface area (Å²) in [5.74, 6) is 0.434. The van der Waals surface area contributed by atoms with E-state index in [4.69, 9.17) is 16.3 Å². The molecule has 2 rings (SSSR count). The SMILES string of the molecule is COc1cccc(C(=O)NCCC(O)c2cccc(Cl)c2)c1. The van der Waals surface area contributed by atoms with Crippen LogP contribution in [0.15, 0.2) is 48.5 Å². The second-order valence-electron chi connectivity index (χ2n) is 4.85. The summed E-state index contributed by atoms with van der Waals surface area (Å²) in [4.78, 5) is 12.0. The number of hydrogen-bond acceptors (Lipinski definition) is 3. The lowest BCUT2D eigenvalue weighted by molar-refractivity contribution is 0.0942. The van der Waals surface area contributed by atoms with Gasteiger partial charge in [0, 0.05) is 17.1 Å². The van der Waals surface area contributed by atoms with Crippen LogP contribution in [0.2, 0.25) is 5.02 Å². The van der Waals surface area contributed by atoms with E-state index in [1.165, 1.54) is 0 Å². The van der Waals surface area contributed by atoms with Crippen LogP contribution in [-0.4, -0.2) is 24.7 Å². The van der Waals surface area contributed by atoms with Crippen LogP contribution < -0.4 is 10.1 Å². The summed E-state index contributed by atoms with van der Waals surface area (Å²) < 4.78 is 5.08. The fourth-order valence-corrected chi connectivity index (χ4v) is 2.27. The van der Waals surface area contributed by atoms with Gasteiger partial charge in [0.2, 0.25) is 0 Å². The van der Waals surface area contributed by atoms with Crippen molar-refractivity contribution in [1.82, 2.24) is 5.32 Å². The number of nitrogens with one attached hydrogen (secondary N) is 1. The fraction of sp³-hybridized carbons (Fsp3) is 0.235. The number of benzene rings is 2. The molecule has 0 saturated carbocycles. The summed E-state index contributed by atoms with van der Waals surface area (Å²) >= 11 is 5.89. The Labute approximate surface area is 134 Å². The maximum Gasteiger partial charge on any atom is 0.251 e. The Morgan fingerprint density at radius 1 is 1.27 bits per heavy atom. The summed E-state index contributed by atoms with van der Waals surface area (Å²) in [6, 6.07) is 14.0. The molecule has 0 radical (unpaired) electrons. The summed E-state index contributed by atoms with van der Waals surface area (Å²) in [5.41, 5.74) is 1.26. The highest BCUT2D eigenvalue weighted by Gasteiger charge is 2.10. The Morgan fingerprint density at radius 2 is 2.05 bits per heavy atom. The number of ether oxygens (including phenoxy) is 1. The Hall–Kier alpha value is -2.04. The number of carbonyl (C=O) groups is 1. The third-order valence-electron chi connectivity index (χ3n) is 3.27. The number of methoxy groups -OCH3 is 1. The zero-order valence-corrected chi connectivity index (χ0v) is 13.0. The summed E-state index contributed by atoms with van der Waals surface area (Å²) in [5, 5.41) is 13.4. The van der Waals surface area contributed by atoms with Crippen LogP contribution >= 0.6 is 11.6 Å². The number of amides is 1. The van der Waals surface area contributed by atoms with Crippen LogP contribution in [-0.2, 0) is 0 Å². The van der Waals surface area contributed by atoms with Crippen molar-refractivity contribution < 1.29 is 14.6 Å². The molecular weight excluding hydrogens is 302 g/mol. The Kier molecular flexibility index (Phi) is 5.81. The molecule has 0 heterocycles. The van der Waals surface area contributed by atoms with E-state index in [0.717, 1.165) is 5.56 Å². The fourth-order valence-electron chi connectivity index (χ4n) is 2.07. The average molecular weight is 320 g/mol. The van der Waals surface area contributed by atoms with E-state index < -0.39 is 6.10 Å². The quantitative estimate of drug-likeness (QED) is 0.859. The molecule has 0 aliphatic rings. The van der Waals surface area contributed by atoms with Crippen LogP contribution in [0.4, 0.5) is 0 Å². The topological polar surface area (TPSA) is 58.6 Å². The molecule has 0 aromatic heterocycles. The lowest BCUT2D eigenvalue weighted by atomic mass is 10.1. The van der Waals surface area contributed by atoms with Crippen LogP contribution in [0.5, 0.6) is 5.75 Å². The van der Waals surface area contributed by atoms with Gasteiger partial charge in [-0.1, -0.05) is 29.8 Å². The van der Waals surface area contributed by atoms with E-state index in [1.807, 2.05) is 0 Å². The van der Waals surface area contributed by atoms with Crippen molar-refractivity contribution in [3.05, 3.63) is 64.7 Å². The minimum atomic E-state index is -0.663. The minimum absolute atomic E-state index is 0.197. The monoisotopic (exact) mass is 319 g/mol. The molecule has 2 N–H and O–H groups in total. The maximum absolute atomic E-state index is 12.0. The molecule has 5 heteroatoms. The predicted molar refractivity (Wildman–Crippen MR) is 86.4 cm³/mol. The Bertz CT molecular complexity index is 645. The molecule has 0 spiro atoms. The average Bonchev–Trinajstić information content (AvgIpc) is 2.54. The van der Waals surface area contributed by atoms with E-state index in [9.17, 15) is 9.90 Å². The number of rotatable bonds is 6. The smallest absolute Gasteiger partial charge is 0.251 e. The molecule has 2 aromatic carbocycles. The van der Waals surface area contributed by atoms with Crippen LogP contribution in [0.3, 0.4) is 0 Å². The summed E-state index contributed by atoms with van der Waals surface area (Å²) in [6.07, 6.45) is -0.250. The summed E-state index contributed by atoms with van der Waals surface area (Å²) in [7, 11) is 1.55. The number of halogens is 1. The van der Waals surface area contributed by atoms with E-state index in [1.54, 1.807) is 55.6 Å². The highest BCUT2D eigenvalue weighted by molar-refractivity contribution is 6.30. The highest BCUT2D eigenvalue weighted by Crippen LogP contribution is 2.20. The van der Waals surface area contributed by atoms with Gasteiger partial charge in [-0.05, 0) is 42.3 Å². The first-order valence-electron chi connectivity index (χ1n) is 6.96. The van der Waals surface area contributed by atoms with Gasteiger partial charge in [-0.2, -0.15) is 0 Å². The molecule has 0 fully saturated rings. The molecule has 4 nitrogen and oxygen atoms in total. The standard InChI is InChI=1S/C17H18ClNO3/c1-22-15-7-3-5-13(11-15)17(21)19-9-8-16(20)12-4-2-6-14(18)10-12/h2-7,10-11,16,20H,8-9H2,1H3,(H,19,21). The first kappa shape index (κ1) is 16.3. The third kappa shape index (κ3) is 4.48. The number of aliphatic hydroxyl groups is 1. The predicted octanol–water partition coefficient (Wildman–Crippen LogP) is 3.20. The van der Waals surface area contributed by atoms with Crippen molar-refractivity contribution in [2.75, 3.05) is 13.7 Å². The zero-order chi connectivity index (χ0) is 15.9. The molecule has 0 saturated heterocycles. The van der Waals surface area contributed by atoms with E-state index in [-0.39, 0.29) is 5.91 Å². The lowest BCUT2D eigenvalue weighted by Crippen LogP contribution is -2.25. The van der Waals surface area contributed by atoms with Gasteiger partial charge in [-0.25, -0.2) is 0 Å². The molecule has 1 unspecified atom stereocenters. The highest BCUT2D eigenvalue weighted by atomic mass is 35.5. The van der Waals surface area contributed by atoms with Gasteiger partial charge in [-0.15, -0.1) is 0 Å². The van der Waals surface area contributed by atoms with Crippen molar-refractivity contribution in [2.45, 2.75) is 12.5 Å². The Balaban J connectivity index is 1.86. The van der Waals surface area contributed by atoms with E-state index in [2.05, 4.69) is 5.32 Å². The first-order chi connectivity index (χ1) is 10.6. The summed E-state index contributed by atoms with van der Waals surface area (Å²) in [6.45, 7) is 0.365. The van der Waals surface area contributed by atoms with Gasteiger partial charge in [0.05, 0.1) is 13.2 Å². The van der Waals surface area contributed by atoms with Crippen molar-refractivity contribution in [3.8, 4) is 5.75 Å². The van der Waals surface area contributed by atoms with Crippen LogP contribution in [0.1, 0.15) is 28.4 Å².